The van der Waals surface area contributed by atoms with Gasteiger partial charge >= 0.3 is 0 Å². The van der Waals surface area contributed by atoms with Crippen molar-refractivity contribution in [2.45, 2.75) is 26.8 Å². The summed E-state index contributed by atoms with van der Waals surface area (Å²) in [6, 6.07) is 10.1. The van der Waals surface area contributed by atoms with Crippen molar-refractivity contribution in [3.8, 4) is 0 Å². The standard InChI is InChI=1S/C19H20ClNO/c1-4-12-21-15(3)14(2)17(13-22)19(21)18(20)11-10-16-8-6-5-7-9-16/h4-9,11,13H,1,10,12H2,2-3H3. The summed E-state index contributed by atoms with van der Waals surface area (Å²) in [6.07, 6.45) is 5.38. The highest BCUT2D eigenvalue weighted by Gasteiger charge is 2.18. The van der Waals surface area contributed by atoms with Gasteiger partial charge in [0.2, 0.25) is 0 Å². The third-order valence-electron chi connectivity index (χ3n) is 3.89. The van der Waals surface area contributed by atoms with Crippen LogP contribution in [0, 0.1) is 13.8 Å². The molecule has 0 spiro atoms. The summed E-state index contributed by atoms with van der Waals surface area (Å²) in [7, 11) is 0. The van der Waals surface area contributed by atoms with Gasteiger partial charge in [0.25, 0.3) is 0 Å². The predicted octanol–water partition coefficient (Wildman–Crippen LogP) is 4.93. The molecule has 0 N–H and O–H groups in total. The first kappa shape index (κ1) is 16.3. The molecule has 0 bridgehead atoms. The molecular weight excluding hydrogens is 294 g/mol. The number of halogens is 1. The van der Waals surface area contributed by atoms with Crippen LogP contribution < -0.4 is 0 Å². The Morgan fingerprint density at radius 3 is 2.55 bits per heavy atom. The van der Waals surface area contributed by atoms with Gasteiger partial charge < -0.3 is 4.57 Å². The minimum atomic E-state index is 0.601. The number of rotatable bonds is 6. The minimum Gasteiger partial charge on any atom is -0.340 e. The van der Waals surface area contributed by atoms with Crippen LogP contribution in [0.1, 0.15) is 32.9 Å². The van der Waals surface area contributed by atoms with Crippen LogP contribution in [0.25, 0.3) is 5.03 Å². The normalized spacial score (nSPS) is 11.5. The van der Waals surface area contributed by atoms with Gasteiger partial charge in [-0.1, -0.05) is 54.1 Å². The SMILES string of the molecule is C=CCn1c(C)c(C)c(C=O)c1C(Cl)=CCc1ccccc1. The maximum absolute atomic E-state index is 11.5. The van der Waals surface area contributed by atoms with E-state index in [0.717, 1.165) is 29.7 Å². The Hall–Kier alpha value is -2.06. The van der Waals surface area contributed by atoms with Crippen LogP contribution in [0.4, 0.5) is 0 Å². The molecular formula is C19H20ClNO. The van der Waals surface area contributed by atoms with E-state index in [1.807, 2.05) is 48.8 Å². The van der Waals surface area contributed by atoms with Gasteiger partial charge in [-0.15, -0.1) is 6.58 Å². The lowest BCUT2D eigenvalue weighted by Gasteiger charge is -2.09. The topological polar surface area (TPSA) is 22.0 Å². The van der Waals surface area contributed by atoms with Gasteiger partial charge in [-0.2, -0.15) is 0 Å². The van der Waals surface area contributed by atoms with Gasteiger partial charge in [-0.3, -0.25) is 4.79 Å². The molecule has 1 heterocycles. The maximum atomic E-state index is 11.5. The molecule has 0 unspecified atom stereocenters. The molecule has 1 aromatic heterocycles. The summed E-state index contributed by atoms with van der Waals surface area (Å²) in [5.74, 6) is 0. The molecule has 0 saturated carbocycles. The second kappa shape index (κ2) is 7.28. The van der Waals surface area contributed by atoms with Crippen molar-refractivity contribution in [2.75, 3.05) is 0 Å². The molecule has 0 aliphatic carbocycles. The van der Waals surface area contributed by atoms with Crippen molar-refractivity contribution >= 4 is 22.9 Å². The predicted molar refractivity (Wildman–Crippen MR) is 93.5 cm³/mol. The Balaban J connectivity index is 2.43. The van der Waals surface area contributed by atoms with Crippen LogP contribution in [-0.4, -0.2) is 10.9 Å². The van der Waals surface area contributed by atoms with Crippen LogP contribution in [0.15, 0.2) is 49.1 Å². The summed E-state index contributed by atoms with van der Waals surface area (Å²) in [6.45, 7) is 8.36. The largest absolute Gasteiger partial charge is 0.340 e. The second-order valence-corrected chi connectivity index (χ2v) is 5.64. The number of hydrogen-bond donors (Lipinski definition) is 0. The Kier molecular flexibility index (Phi) is 5.40. The van der Waals surface area contributed by atoms with Crippen molar-refractivity contribution in [1.82, 2.24) is 4.57 Å². The van der Waals surface area contributed by atoms with Crippen molar-refractivity contribution in [2.24, 2.45) is 0 Å². The van der Waals surface area contributed by atoms with Crippen LogP contribution in [0.2, 0.25) is 0 Å². The van der Waals surface area contributed by atoms with E-state index in [4.69, 9.17) is 11.6 Å². The molecule has 0 fully saturated rings. The lowest BCUT2D eigenvalue weighted by molar-refractivity contribution is 0.112. The minimum absolute atomic E-state index is 0.601. The Morgan fingerprint density at radius 2 is 1.95 bits per heavy atom. The number of aldehydes is 1. The quantitative estimate of drug-likeness (QED) is 0.547. The summed E-state index contributed by atoms with van der Waals surface area (Å²) in [5.41, 5.74) is 4.64. The average molecular weight is 314 g/mol. The lowest BCUT2D eigenvalue weighted by atomic mass is 10.1. The number of benzene rings is 1. The molecule has 2 aromatic rings. The van der Waals surface area contributed by atoms with Crippen molar-refractivity contribution in [3.63, 3.8) is 0 Å². The Morgan fingerprint density at radius 1 is 1.27 bits per heavy atom. The number of carbonyl (C=O) groups is 1. The zero-order valence-electron chi connectivity index (χ0n) is 13.0. The summed E-state index contributed by atoms with van der Waals surface area (Å²) in [4.78, 5) is 11.5. The molecule has 22 heavy (non-hydrogen) atoms. The van der Waals surface area contributed by atoms with E-state index in [2.05, 4.69) is 18.7 Å². The number of nitrogens with zero attached hydrogens (tertiary/aromatic N) is 1. The summed E-state index contributed by atoms with van der Waals surface area (Å²) >= 11 is 6.51. The first-order valence-electron chi connectivity index (χ1n) is 7.25. The van der Waals surface area contributed by atoms with Gasteiger partial charge in [0, 0.05) is 17.8 Å². The molecule has 3 heteroatoms. The zero-order valence-corrected chi connectivity index (χ0v) is 13.7. The van der Waals surface area contributed by atoms with E-state index in [9.17, 15) is 4.79 Å². The van der Waals surface area contributed by atoms with E-state index in [0.29, 0.717) is 17.1 Å². The van der Waals surface area contributed by atoms with E-state index in [-0.39, 0.29) is 0 Å². The average Bonchev–Trinajstić information content (AvgIpc) is 2.78. The zero-order chi connectivity index (χ0) is 16.1. The van der Waals surface area contributed by atoms with Crippen molar-refractivity contribution in [3.05, 3.63) is 77.1 Å². The fraction of sp³-hybridized carbons (Fsp3) is 0.211. The first-order chi connectivity index (χ1) is 10.6. The van der Waals surface area contributed by atoms with Crippen LogP contribution in [-0.2, 0) is 13.0 Å². The highest BCUT2D eigenvalue weighted by atomic mass is 35.5. The molecule has 1 aromatic carbocycles. The molecule has 0 saturated heterocycles. The maximum Gasteiger partial charge on any atom is 0.152 e. The van der Waals surface area contributed by atoms with Crippen LogP contribution in [0.5, 0.6) is 0 Å². The van der Waals surface area contributed by atoms with Crippen molar-refractivity contribution < 1.29 is 4.79 Å². The second-order valence-electron chi connectivity index (χ2n) is 5.23. The monoisotopic (exact) mass is 313 g/mol. The number of aromatic nitrogens is 1. The third kappa shape index (κ3) is 3.23. The Labute approximate surface area is 136 Å². The fourth-order valence-electron chi connectivity index (χ4n) is 2.57. The molecule has 2 rings (SSSR count). The van der Waals surface area contributed by atoms with Gasteiger partial charge in [-0.05, 0) is 31.4 Å². The molecule has 0 atom stereocenters. The Bertz CT molecular complexity index is 711. The summed E-state index contributed by atoms with van der Waals surface area (Å²) in [5, 5.41) is 0.601. The fourth-order valence-corrected chi connectivity index (χ4v) is 2.85. The van der Waals surface area contributed by atoms with Gasteiger partial charge in [0.05, 0.1) is 10.7 Å². The van der Waals surface area contributed by atoms with E-state index < -0.39 is 0 Å². The lowest BCUT2D eigenvalue weighted by Crippen LogP contribution is -2.02. The molecule has 0 radical (unpaired) electrons. The molecule has 0 amide bonds. The highest BCUT2D eigenvalue weighted by Crippen LogP contribution is 2.29. The van der Waals surface area contributed by atoms with E-state index in [1.165, 1.54) is 5.56 Å². The first-order valence-corrected chi connectivity index (χ1v) is 7.63. The highest BCUT2D eigenvalue weighted by molar-refractivity contribution is 6.49. The summed E-state index contributed by atoms with van der Waals surface area (Å²) < 4.78 is 2.04. The molecule has 2 nitrogen and oxygen atoms in total. The van der Waals surface area contributed by atoms with Gasteiger partial charge in [0.1, 0.15) is 0 Å². The molecule has 0 aliphatic rings. The van der Waals surface area contributed by atoms with E-state index >= 15 is 0 Å². The van der Waals surface area contributed by atoms with Crippen LogP contribution in [0.3, 0.4) is 0 Å². The van der Waals surface area contributed by atoms with Crippen LogP contribution >= 0.6 is 11.6 Å². The smallest absolute Gasteiger partial charge is 0.152 e. The number of hydrogen-bond acceptors (Lipinski definition) is 1. The number of carbonyl (C=O) groups excluding carboxylic acids is 1. The third-order valence-corrected chi connectivity index (χ3v) is 4.23. The number of allylic oxidation sites excluding steroid dienone is 2. The van der Waals surface area contributed by atoms with Gasteiger partial charge in [-0.25, -0.2) is 0 Å². The van der Waals surface area contributed by atoms with Gasteiger partial charge in [0.15, 0.2) is 6.29 Å². The molecule has 114 valence electrons. The van der Waals surface area contributed by atoms with E-state index in [1.54, 1.807) is 0 Å². The molecule has 0 aliphatic heterocycles. The van der Waals surface area contributed by atoms with Crippen molar-refractivity contribution in [1.29, 1.82) is 0 Å².